The second kappa shape index (κ2) is 6.41. The van der Waals surface area contributed by atoms with Crippen molar-refractivity contribution in [1.29, 1.82) is 0 Å². The highest BCUT2D eigenvalue weighted by atomic mass is 32.2. The number of H-pyrrole nitrogens is 1. The van der Waals surface area contributed by atoms with Crippen molar-refractivity contribution in [1.82, 2.24) is 14.5 Å². The molecule has 2 heterocycles. The van der Waals surface area contributed by atoms with Crippen LogP contribution in [0.2, 0.25) is 0 Å². The van der Waals surface area contributed by atoms with E-state index < -0.39 is 20.7 Å². The molecule has 3 rings (SSSR count). The van der Waals surface area contributed by atoms with Crippen LogP contribution in [0.3, 0.4) is 0 Å². The number of sulfonamides is 1. The number of nitro benzene ring substituents is 1. The van der Waals surface area contributed by atoms with Gasteiger partial charge in [0.05, 0.1) is 9.82 Å². The number of aryl methyl sites for hydroxylation is 1. The molecule has 0 atom stereocenters. The molecule has 1 aromatic heterocycles. The number of benzene rings is 1. The summed E-state index contributed by atoms with van der Waals surface area (Å²) in [6.45, 7) is 2.03. The SMILES string of the molecule is Cc1cc([N+](=O)[O-])ccc1S(=O)(=O)N1CCC(c2n[nH]c(=O)o2)CC1. The quantitative estimate of drug-likeness (QED) is 0.630. The van der Waals surface area contributed by atoms with Gasteiger partial charge in [-0.05, 0) is 31.4 Å². The van der Waals surface area contributed by atoms with E-state index in [1.807, 2.05) is 0 Å². The van der Waals surface area contributed by atoms with E-state index in [0.717, 1.165) is 0 Å². The number of non-ortho nitro benzene ring substituents is 1. The first-order valence-corrected chi connectivity index (χ1v) is 9.03. The molecule has 1 aliphatic rings. The standard InChI is InChI=1S/C14H16N4O6S/c1-9-8-11(18(20)21)2-3-12(9)25(22,23)17-6-4-10(5-7-17)13-15-16-14(19)24-13/h2-3,8,10H,4-7H2,1H3,(H,16,19). The Morgan fingerprint density at radius 2 is 2.04 bits per heavy atom. The van der Waals surface area contributed by atoms with Crippen LogP contribution in [0.5, 0.6) is 0 Å². The largest absolute Gasteiger partial charge is 0.434 e. The van der Waals surface area contributed by atoms with Crippen LogP contribution >= 0.6 is 0 Å². The highest BCUT2D eigenvalue weighted by molar-refractivity contribution is 7.89. The predicted octanol–water partition coefficient (Wildman–Crippen LogP) is 1.15. The van der Waals surface area contributed by atoms with Gasteiger partial charge in [-0.1, -0.05) is 0 Å². The second-order valence-electron chi connectivity index (χ2n) is 5.84. The summed E-state index contributed by atoms with van der Waals surface area (Å²) in [6, 6.07) is 3.70. The molecule has 11 heteroatoms. The van der Waals surface area contributed by atoms with Crippen LogP contribution in [0, 0.1) is 17.0 Å². The van der Waals surface area contributed by atoms with Crippen molar-refractivity contribution in [3.63, 3.8) is 0 Å². The Labute approximate surface area is 142 Å². The average Bonchev–Trinajstić information content (AvgIpc) is 3.01. The summed E-state index contributed by atoms with van der Waals surface area (Å²) in [5.74, 6) is -0.469. The van der Waals surface area contributed by atoms with Crippen LogP contribution in [0.1, 0.15) is 30.2 Å². The van der Waals surface area contributed by atoms with Crippen molar-refractivity contribution >= 4 is 15.7 Å². The molecule has 2 aromatic rings. The molecular formula is C14H16N4O6S. The fourth-order valence-corrected chi connectivity index (χ4v) is 4.61. The van der Waals surface area contributed by atoms with Gasteiger partial charge < -0.3 is 4.42 Å². The number of rotatable bonds is 4. The van der Waals surface area contributed by atoms with Crippen LogP contribution in [0.25, 0.3) is 0 Å². The van der Waals surface area contributed by atoms with Crippen molar-refractivity contribution < 1.29 is 17.8 Å². The number of aromatic nitrogens is 2. The number of aromatic amines is 1. The van der Waals surface area contributed by atoms with E-state index in [1.54, 1.807) is 0 Å². The minimum Gasteiger partial charge on any atom is -0.392 e. The number of hydrogen-bond acceptors (Lipinski definition) is 7. The van der Waals surface area contributed by atoms with E-state index in [4.69, 9.17) is 4.42 Å². The molecule has 0 bridgehead atoms. The Morgan fingerprint density at radius 1 is 1.36 bits per heavy atom. The molecule has 1 aliphatic heterocycles. The maximum Gasteiger partial charge on any atom is 0.434 e. The van der Waals surface area contributed by atoms with Crippen LogP contribution in [0.15, 0.2) is 32.3 Å². The number of nitro groups is 1. The summed E-state index contributed by atoms with van der Waals surface area (Å²) in [6.07, 6.45) is 0.943. The van der Waals surface area contributed by atoms with Crippen LogP contribution in [-0.4, -0.2) is 40.9 Å². The molecule has 10 nitrogen and oxygen atoms in total. The molecular weight excluding hydrogens is 352 g/mol. The third-order valence-corrected chi connectivity index (χ3v) is 6.30. The van der Waals surface area contributed by atoms with Gasteiger partial charge in [-0.15, -0.1) is 5.10 Å². The minimum atomic E-state index is -3.75. The van der Waals surface area contributed by atoms with Gasteiger partial charge in [0.15, 0.2) is 0 Å². The van der Waals surface area contributed by atoms with Crippen molar-refractivity contribution in [3.8, 4) is 0 Å². The molecule has 0 spiro atoms. The van der Waals surface area contributed by atoms with Gasteiger partial charge in [-0.2, -0.15) is 4.31 Å². The Bertz CT molecular complexity index is 956. The lowest BCUT2D eigenvalue weighted by atomic mass is 9.98. The predicted molar refractivity (Wildman–Crippen MR) is 85.7 cm³/mol. The van der Waals surface area contributed by atoms with Gasteiger partial charge in [-0.3, -0.25) is 10.1 Å². The lowest BCUT2D eigenvalue weighted by Gasteiger charge is -2.30. The van der Waals surface area contributed by atoms with Crippen LogP contribution in [-0.2, 0) is 10.0 Å². The maximum absolute atomic E-state index is 12.8. The average molecular weight is 368 g/mol. The number of nitrogens with zero attached hydrogens (tertiary/aromatic N) is 3. The monoisotopic (exact) mass is 368 g/mol. The Morgan fingerprint density at radius 3 is 2.56 bits per heavy atom. The highest BCUT2D eigenvalue weighted by Gasteiger charge is 2.33. The molecule has 1 fully saturated rings. The fourth-order valence-electron chi connectivity index (χ4n) is 2.93. The lowest BCUT2D eigenvalue weighted by Crippen LogP contribution is -2.38. The van der Waals surface area contributed by atoms with Crippen molar-refractivity contribution in [2.45, 2.75) is 30.6 Å². The maximum atomic E-state index is 12.8. The molecule has 0 radical (unpaired) electrons. The van der Waals surface area contributed by atoms with E-state index in [-0.39, 0.29) is 35.5 Å². The molecule has 134 valence electrons. The first-order chi connectivity index (χ1) is 11.8. The van der Waals surface area contributed by atoms with Crippen molar-refractivity contribution in [2.75, 3.05) is 13.1 Å². The van der Waals surface area contributed by atoms with Crippen molar-refractivity contribution in [3.05, 3.63) is 50.3 Å². The number of nitrogens with one attached hydrogen (secondary N) is 1. The van der Waals surface area contributed by atoms with E-state index >= 15 is 0 Å². The Balaban J connectivity index is 1.78. The first-order valence-electron chi connectivity index (χ1n) is 7.59. The third-order valence-electron chi connectivity index (χ3n) is 4.24. The fraction of sp³-hybridized carbons (Fsp3) is 0.429. The molecule has 1 saturated heterocycles. The topological polar surface area (TPSA) is 139 Å². The zero-order chi connectivity index (χ0) is 18.2. The highest BCUT2D eigenvalue weighted by Crippen LogP contribution is 2.30. The summed E-state index contributed by atoms with van der Waals surface area (Å²) in [4.78, 5) is 21.3. The van der Waals surface area contributed by atoms with E-state index in [2.05, 4.69) is 10.2 Å². The molecule has 0 unspecified atom stereocenters. The molecule has 0 amide bonds. The Kier molecular flexibility index (Phi) is 4.43. The Hall–Kier alpha value is -2.53. The van der Waals surface area contributed by atoms with Crippen LogP contribution in [0.4, 0.5) is 5.69 Å². The van der Waals surface area contributed by atoms with E-state index in [1.165, 1.54) is 29.4 Å². The smallest absolute Gasteiger partial charge is 0.392 e. The summed E-state index contributed by atoms with van der Waals surface area (Å²) < 4.78 is 31.9. The normalized spacial score (nSPS) is 16.8. The van der Waals surface area contributed by atoms with E-state index in [0.29, 0.717) is 18.4 Å². The lowest BCUT2D eigenvalue weighted by molar-refractivity contribution is -0.385. The van der Waals surface area contributed by atoms with E-state index in [9.17, 15) is 23.3 Å². The van der Waals surface area contributed by atoms with Gasteiger partial charge in [0.25, 0.3) is 5.69 Å². The number of hydrogen-bond donors (Lipinski definition) is 1. The van der Waals surface area contributed by atoms with Gasteiger partial charge in [0, 0.05) is 31.1 Å². The zero-order valence-corrected chi connectivity index (χ0v) is 14.2. The third kappa shape index (κ3) is 3.33. The first kappa shape index (κ1) is 17.3. The summed E-state index contributed by atoms with van der Waals surface area (Å²) in [5, 5.41) is 16.8. The molecule has 25 heavy (non-hydrogen) atoms. The van der Waals surface area contributed by atoms with Gasteiger partial charge >= 0.3 is 5.76 Å². The second-order valence-corrected chi connectivity index (χ2v) is 7.74. The van der Waals surface area contributed by atoms with Gasteiger partial charge in [0.1, 0.15) is 0 Å². The summed E-state index contributed by atoms with van der Waals surface area (Å²) in [5.41, 5.74) is 0.179. The number of piperidine rings is 1. The molecule has 0 aliphatic carbocycles. The molecule has 1 aromatic carbocycles. The van der Waals surface area contributed by atoms with Gasteiger partial charge in [-0.25, -0.2) is 18.3 Å². The van der Waals surface area contributed by atoms with Crippen LogP contribution < -0.4 is 5.76 Å². The summed E-state index contributed by atoms with van der Waals surface area (Å²) in [7, 11) is -3.75. The minimum absolute atomic E-state index is 0.0582. The molecule has 1 N–H and O–H groups in total. The zero-order valence-electron chi connectivity index (χ0n) is 13.3. The molecule has 0 saturated carbocycles. The van der Waals surface area contributed by atoms with Gasteiger partial charge in [0.2, 0.25) is 15.9 Å². The summed E-state index contributed by atoms with van der Waals surface area (Å²) >= 11 is 0. The van der Waals surface area contributed by atoms with Crippen molar-refractivity contribution in [2.24, 2.45) is 0 Å².